The molecule has 1 aromatic carbocycles. The van der Waals surface area contributed by atoms with Gasteiger partial charge in [0.15, 0.2) is 0 Å². The molecule has 0 heterocycles. The molecule has 1 rings (SSSR count). The molecule has 0 aliphatic carbocycles. The van der Waals surface area contributed by atoms with Crippen LogP contribution in [0.3, 0.4) is 0 Å². The Bertz CT molecular complexity index is 618. The van der Waals surface area contributed by atoms with Gasteiger partial charge in [0.05, 0.1) is 29.3 Å². The van der Waals surface area contributed by atoms with Gasteiger partial charge in [0, 0.05) is 37.7 Å². The van der Waals surface area contributed by atoms with Crippen LogP contribution in [0.15, 0.2) is 23.2 Å². The molecular formula is C17H21N5U. The number of hydrogen-bond acceptors (Lipinski definition) is 3. The second kappa shape index (κ2) is 8.88. The summed E-state index contributed by atoms with van der Waals surface area (Å²) in [6.45, 7) is 7.96. The van der Waals surface area contributed by atoms with E-state index < -0.39 is 10.8 Å². The van der Waals surface area contributed by atoms with Crippen LogP contribution in [-0.2, 0) is 17.4 Å². The summed E-state index contributed by atoms with van der Waals surface area (Å²) in [5.41, 5.74) is 1.49. The fourth-order valence-electron chi connectivity index (χ4n) is 1.90. The van der Waals surface area contributed by atoms with E-state index >= 15 is 0 Å². The Labute approximate surface area is 161 Å². The van der Waals surface area contributed by atoms with Gasteiger partial charge in [-0.05, 0) is 44.4 Å². The molecule has 0 spiro atoms. The first-order valence-electron chi connectivity index (χ1n) is 6.98. The first-order chi connectivity index (χ1) is 10.3. The van der Waals surface area contributed by atoms with Crippen LogP contribution in [0.25, 0.3) is 0 Å². The number of aliphatic imine (C=N–C) groups is 1. The van der Waals surface area contributed by atoms with E-state index in [0.717, 1.165) is 23.0 Å². The zero-order chi connectivity index (χ0) is 16.8. The van der Waals surface area contributed by atoms with Gasteiger partial charge < -0.3 is 5.32 Å². The molecule has 23 heavy (non-hydrogen) atoms. The molecule has 2 N–H and O–H groups in total. The third kappa shape index (κ3) is 5.83. The van der Waals surface area contributed by atoms with Gasteiger partial charge in [0.25, 0.3) is 0 Å². The maximum Gasteiger partial charge on any atom is 0.108 e. The van der Waals surface area contributed by atoms with E-state index in [4.69, 9.17) is 5.41 Å². The summed E-state index contributed by atoms with van der Waals surface area (Å²) in [6, 6.07) is 10.5. The minimum atomic E-state index is -0.626. The minimum absolute atomic E-state index is 0. The van der Waals surface area contributed by atoms with E-state index in [1.165, 1.54) is 6.34 Å². The van der Waals surface area contributed by atoms with Gasteiger partial charge in [-0.25, -0.2) is 4.99 Å². The summed E-state index contributed by atoms with van der Waals surface area (Å²) in [7, 11) is 0. The third-order valence-corrected chi connectivity index (χ3v) is 3.54. The average Bonchev–Trinajstić information content (AvgIpc) is 2.51. The van der Waals surface area contributed by atoms with E-state index in [0.29, 0.717) is 6.54 Å². The molecule has 0 saturated heterocycles. The van der Waals surface area contributed by atoms with Crippen molar-refractivity contribution in [3.05, 3.63) is 34.9 Å². The first kappa shape index (κ1) is 21.4. The van der Waals surface area contributed by atoms with Crippen molar-refractivity contribution in [2.24, 2.45) is 4.99 Å². The molecular weight excluding hydrogens is 512 g/mol. The molecule has 118 valence electrons. The van der Waals surface area contributed by atoms with E-state index in [9.17, 15) is 10.5 Å². The number of nitrogens with one attached hydrogen (secondary N) is 2. The zero-order valence-electron chi connectivity index (χ0n) is 13.9. The zero-order valence-corrected chi connectivity index (χ0v) is 18.1. The van der Waals surface area contributed by atoms with Gasteiger partial charge in [-0.15, -0.1) is 0 Å². The van der Waals surface area contributed by atoms with E-state index in [1.807, 2.05) is 45.9 Å². The number of rotatable bonds is 6. The Morgan fingerprint density at radius 1 is 1.09 bits per heavy atom. The van der Waals surface area contributed by atoms with Crippen LogP contribution in [0.4, 0.5) is 0 Å². The van der Waals surface area contributed by atoms with Gasteiger partial charge in [-0.3, -0.25) is 5.41 Å². The molecule has 0 aliphatic heterocycles. The molecule has 0 bridgehead atoms. The summed E-state index contributed by atoms with van der Waals surface area (Å²) in [6.07, 6.45) is 2.40. The standard InChI is InChI=1S/C17H21N5.U/c1-16(2,9-18)14-5-13(8-21-12-22-11-20)6-15(7-14)17(3,4)10-19;/h5-7,11-12H,8H2,1-4H3,(H2,20,21,22);. The monoisotopic (exact) mass is 533 g/mol. The summed E-state index contributed by atoms with van der Waals surface area (Å²) < 4.78 is 0. The van der Waals surface area contributed by atoms with Gasteiger partial charge in [0.2, 0.25) is 0 Å². The van der Waals surface area contributed by atoms with E-state index in [1.54, 1.807) is 0 Å². The normalized spacial score (nSPS) is 11.2. The molecule has 1 aromatic rings. The summed E-state index contributed by atoms with van der Waals surface area (Å²) in [5.74, 6) is 0. The summed E-state index contributed by atoms with van der Waals surface area (Å²) in [5, 5.41) is 28.5. The van der Waals surface area contributed by atoms with Crippen LogP contribution in [0.1, 0.15) is 44.4 Å². The quantitative estimate of drug-likeness (QED) is 0.435. The number of nitrogens with zero attached hydrogens (tertiary/aromatic N) is 3. The Hall–Kier alpha value is -1.61. The molecule has 0 aromatic heterocycles. The summed E-state index contributed by atoms with van der Waals surface area (Å²) in [4.78, 5) is 3.66. The fourth-order valence-corrected chi connectivity index (χ4v) is 1.90. The van der Waals surface area contributed by atoms with Gasteiger partial charge >= 0.3 is 0 Å². The molecule has 6 heteroatoms. The number of nitriles is 2. The van der Waals surface area contributed by atoms with Gasteiger partial charge in [-0.2, -0.15) is 10.5 Å². The van der Waals surface area contributed by atoms with Gasteiger partial charge in [-0.1, -0.05) is 18.2 Å². The third-order valence-electron chi connectivity index (χ3n) is 3.54. The van der Waals surface area contributed by atoms with Gasteiger partial charge in [0.1, 0.15) is 6.34 Å². The van der Waals surface area contributed by atoms with Crippen molar-refractivity contribution in [3.8, 4) is 12.1 Å². The van der Waals surface area contributed by atoms with E-state index in [-0.39, 0.29) is 31.1 Å². The van der Waals surface area contributed by atoms with Crippen molar-refractivity contribution in [3.63, 3.8) is 0 Å². The number of hydrogen-bond donors (Lipinski definition) is 2. The molecule has 0 radical (unpaired) electrons. The minimum Gasteiger partial charge on any atom is -0.372 e. The Balaban J connectivity index is 0.00000484. The van der Waals surface area contributed by atoms with Crippen molar-refractivity contribution in [2.75, 3.05) is 0 Å². The fraction of sp³-hybridized carbons (Fsp3) is 0.412. The Morgan fingerprint density at radius 3 is 1.96 bits per heavy atom. The van der Waals surface area contributed by atoms with Crippen LogP contribution >= 0.6 is 0 Å². The molecule has 5 nitrogen and oxygen atoms in total. The Kier molecular flexibility index (Phi) is 8.26. The SMILES string of the molecule is CC(C)(C#N)c1cc(CNC=NC=N)cc(C(C)(C)C#N)c1.[U]. The maximum atomic E-state index is 9.36. The van der Waals surface area contributed by atoms with E-state index in [2.05, 4.69) is 22.4 Å². The second-order valence-corrected chi connectivity index (χ2v) is 6.18. The molecule has 0 atom stereocenters. The predicted molar refractivity (Wildman–Crippen MR) is 87.8 cm³/mol. The van der Waals surface area contributed by atoms with Crippen molar-refractivity contribution < 1.29 is 31.1 Å². The van der Waals surface area contributed by atoms with Crippen molar-refractivity contribution in [2.45, 2.75) is 45.1 Å². The molecule has 0 fully saturated rings. The maximum absolute atomic E-state index is 9.36. The molecule has 0 aliphatic rings. The van der Waals surface area contributed by atoms with Crippen molar-refractivity contribution >= 4 is 12.7 Å². The number of benzene rings is 1. The summed E-state index contributed by atoms with van der Waals surface area (Å²) >= 11 is 0. The second-order valence-electron chi connectivity index (χ2n) is 6.18. The smallest absolute Gasteiger partial charge is 0.108 e. The Morgan fingerprint density at radius 2 is 1.57 bits per heavy atom. The van der Waals surface area contributed by atoms with Crippen LogP contribution in [0, 0.1) is 59.2 Å². The molecule has 0 amide bonds. The van der Waals surface area contributed by atoms with Crippen molar-refractivity contribution in [1.29, 1.82) is 15.9 Å². The molecule has 0 saturated carbocycles. The van der Waals surface area contributed by atoms with Crippen molar-refractivity contribution in [1.82, 2.24) is 5.32 Å². The van der Waals surface area contributed by atoms with Crippen LogP contribution < -0.4 is 5.32 Å². The largest absolute Gasteiger partial charge is 0.372 e. The average molecular weight is 533 g/mol. The van der Waals surface area contributed by atoms with Crippen LogP contribution in [-0.4, -0.2) is 12.7 Å². The van der Waals surface area contributed by atoms with Crippen LogP contribution in [0.5, 0.6) is 0 Å². The van der Waals surface area contributed by atoms with Crippen LogP contribution in [0.2, 0.25) is 0 Å². The first-order valence-corrected chi connectivity index (χ1v) is 6.98. The predicted octanol–water partition coefficient (Wildman–Crippen LogP) is 3.01. The molecule has 0 unspecified atom stereocenters. The topological polar surface area (TPSA) is 95.8 Å².